The number of aromatic nitrogens is 2. The fraction of sp³-hybridized carbons (Fsp3) is 0.600. The molecule has 1 aromatic heterocycles. The second-order valence-electron chi connectivity index (χ2n) is 3.56. The second-order valence-corrected chi connectivity index (χ2v) is 4.57. The van der Waals surface area contributed by atoms with Crippen LogP contribution in [0.25, 0.3) is 0 Å². The van der Waals surface area contributed by atoms with Crippen LogP contribution < -0.4 is 5.56 Å². The molecule has 0 bridgehead atoms. The lowest BCUT2D eigenvalue weighted by Gasteiger charge is -2.08. The first-order valence-electron chi connectivity index (χ1n) is 5.10. The largest absolute Gasteiger partial charge is 0.349 e. The Morgan fingerprint density at radius 2 is 2.12 bits per heavy atom. The maximum atomic E-state index is 11.5. The summed E-state index contributed by atoms with van der Waals surface area (Å²) in [5.41, 5.74) is 1.35. The van der Waals surface area contributed by atoms with Gasteiger partial charge in [0.1, 0.15) is 0 Å². The minimum atomic E-state index is -0.183. The van der Waals surface area contributed by atoms with Gasteiger partial charge in [0.15, 0.2) is 11.4 Å². The van der Waals surface area contributed by atoms with Crippen molar-refractivity contribution < 1.29 is 9.47 Å². The van der Waals surface area contributed by atoms with E-state index in [1.54, 1.807) is 6.92 Å². The minimum Gasteiger partial charge on any atom is -0.349 e. The van der Waals surface area contributed by atoms with Crippen LogP contribution in [-0.2, 0) is 9.47 Å². The molecule has 0 unspecified atom stereocenters. The number of H-pyrrole nitrogens is 1. The molecule has 1 aromatic rings. The van der Waals surface area contributed by atoms with Crippen molar-refractivity contribution in [1.82, 2.24) is 9.97 Å². The summed E-state index contributed by atoms with van der Waals surface area (Å²) in [7, 11) is 0. The summed E-state index contributed by atoms with van der Waals surface area (Å²) >= 11 is 1.44. The summed E-state index contributed by atoms with van der Waals surface area (Å²) in [4.78, 5) is 18.5. The maximum Gasteiger partial charge on any atom is 0.254 e. The molecule has 1 N–H and O–H groups in total. The summed E-state index contributed by atoms with van der Waals surface area (Å²) in [5.74, 6) is 0.644. The van der Waals surface area contributed by atoms with Crippen molar-refractivity contribution in [2.24, 2.45) is 0 Å². The van der Waals surface area contributed by atoms with Crippen molar-refractivity contribution in [3.63, 3.8) is 0 Å². The normalized spacial score (nSPS) is 16.9. The monoisotopic (exact) mass is 242 g/mol. The van der Waals surface area contributed by atoms with Crippen LogP contribution in [0.3, 0.4) is 0 Å². The molecule has 6 heteroatoms. The number of aromatic amines is 1. The van der Waals surface area contributed by atoms with E-state index in [1.807, 2.05) is 6.92 Å². The summed E-state index contributed by atoms with van der Waals surface area (Å²) in [5, 5.41) is 0.618. The summed E-state index contributed by atoms with van der Waals surface area (Å²) in [6.07, 6.45) is -0.183. The zero-order chi connectivity index (χ0) is 11.5. The SMILES string of the molecule is Cc1nc(SCC2OCCO2)[nH]c(=O)c1C. The fourth-order valence-electron chi connectivity index (χ4n) is 1.34. The van der Waals surface area contributed by atoms with E-state index < -0.39 is 0 Å². The highest BCUT2D eigenvalue weighted by molar-refractivity contribution is 7.99. The standard InChI is InChI=1S/C10H14N2O3S/c1-6-7(2)11-10(12-9(6)13)16-5-8-14-3-4-15-8/h8H,3-5H2,1-2H3,(H,11,12,13). The topological polar surface area (TPSA) is 64.2 Å². The van der Waals surface area contributed by atoms with Crippen LogP contribution in [0, 0.1) is 13.8 Å². The molecular formula is C10H14N2O3S. The third kappa shape index (κ3) is 2.63. The molecule has 1 aliphatic heterocycles. The molecule has 0 aromatic carbocycles. The van der Waals surface area contributed by atoms with Gasteiger partial charge in [0.05, 0.1) is 19.0 Å². The van der Waals surface area contributed by atoms with Crippen LogP contribution in [0.2, 0.25) is 0 Å². The lowest BCUT2D eigenvalue weighted by molar-refractivity contribution is -0.0215. The van der Waals surface area contributed by atoms with Crippen molar-refractivity contribution in [2.75, 3.05) is 19.0 Å². The number of rotatable bonds is 3. The first-order chi connectivity index (χ1) is 7.66. The molecular weight excluding hydrogens is 228 g/mol. The molecule has 2 rings (SSSR count). The first-order valence-corrected chi connectivity index (χ1v) is 6.09. The minimum absolute atomic E-state index is 0.0803. The van der Waals surface area contributed by atoms with Gasteiger partial charge in [0.2, 0.25) is 0 Å². The molecule has 0 amide bonds. The summed E-state index contributed by atoms with van der Waals surface area (Å²) in [6.45, 7) is 4.88. The van der Waals surface area contributed by atoms with Gasteiger partial charge >= 0.3 is 0 Å². The maximum absolute atomic E-state index is 11.5. The van der Waals surface area contributed by atoms with Gasteiger partial charge in [-0.3, -0.25) is 4.79 Å². The Morgan fingerprint density at radius 3 is 2.75 bits per heavy atom. The van der Waals surface area contributed by atoms with Gasteiger partial charge in [-0.15, -0.1) is 0 Å². The zero-order valence-corrected chi connectivity index (χ0v) is 10.1. The number of nitrogens with one attached hydrogen (secondary N) is 1. The molecule has 0 aliphatic carbocycles. The predicted molar refractivity (Wildman–Crippen MR) is 60.7 cm³/mol. The van der Waals surface area contributed by atoms with Crippen LogP contribution in [-0.4, -0.2) is 35.2 Å². The molecule has 2 heterocycles. The van der Waals surface area contributed by atoms with Crippen LogP contribution >= 0.6 is 11.8 Å². The Kier molecular flexibility index (Phi) is 3.63. The third-order valence-corrected chi connectivity index (χ3v) is 3.33. The highest BCUT2D eigenvalue weighted by Gasteiger charge is 2.16. The lowest BCUT2D eigenvalue weighted by atomic mass is 10.3. The number of hydrogen-bond acceptors (Lipinski definition) is 5. The Bertz CT molecular complexity index is 427. The molecule has 0 spiro atoms. The quantitative estimate of drug-likeness (QED) is 0.629. The van der Waals surface area contributed by atoms with E-state index in [1.165, 1.54) is 11.8 Å². The Hall–Kier alpha value is -0.850. The molecule has 1 aliphatic rings. The zero-order valence-electron chi connectivity index (χ0n) is 9.28. The van der Waals surface area contributed by atoms with Gasteiger partial charge in [-0.1, -0.05) is 11.8 Å². The van der Waals surface area contributed by atoms with Gasteiger partial charge in [-0.25, -0.2) is 4.98 Å². The summed E-state index contributed by atoms with van der Waals surface area (Å²) in [6, 6.07) is 0. The molecule has 0 saturated carbocycles. The first kappa shape index (κ1) is 11.6. The average Bonchev–Trinajstić information content (AvgIpc) is 2.75. The Balaban J connectivity index is 2.01. The number of hydrogen-bond donors (Lipinski definition) is 1. The van der Waals surface area contributed by atoms with Crippen LogP contribution in [0.5, 0.6) is 0 Å². The predicted octanol–water partition coefficient (Wildman–Crippen LogP) is 0.852. The molecule has 1 saturated heterocycles. The fourth-order valence-corrected chi connectivity index (χ4v) is 2.19. The van der Waals surface area contributed by atoms with Crippen molar-refractivity contribution in [1.29, 1.82) is 0 Å². The van der Waals surface area contributed by atoms with Crippen molar-refractivity contribution in [2.45, 2.75) is 25.3 Å². The highest BCUT2D eigenvalue weighted by atomic mass is 32.2. The molecule has 0 radical (unpaired) electrons. The Morgan fingerprint density at radius 1 is 1.44 bits per heavy atom. The Labute approximate surface area is 97.6 Å². The molecule has 0 atom stereocenters. The van der Waals surface area contributed by atoms with E-state index in [9.17, 15) is 4.79 Å². The second kappa shape index (κ2) is 4.99. The number of nitrogens with zero attached hydrogens (tertiary/aromatic N) is 1. The average molecular weight is 242 g/mol. The van der Waals surface area contributed by atoms with Crippen molar-refractivity contribution in [3.05, 3.63) is 21.6 Å². The van der Waals surface area contributed by atoms with Crippen molar-refractivity contribution in [3.8, 4) is 0 Å². The number of thioether (sulfide) groups is 1. The van der Waals surface area contributed by atoms with Crippen LogP contribution in [0.4, 0.5) is 0 Å². The van der Waals surface area contributed by atoms with E-state index in [-0.39, 0.29) is 11.8 Å². The smallest absolute Gasteiger partial charge is 0.254 e. The van der Waals surface area contributed by atoms with Crippen LogP contribution in [0.15, 0.2) is 9.95 Å². The third-order valence-electron chi connectivity index (χ3n) is 2.42. The molecule has 5 nitrogen and oxygen atoms in total. The molecule has 1 fully saturated rings. The van der Waals surface area contributed by atoms with Gasteiger partial charge in [-0.2, -0.15) is 0 Å². The van der Waals surface area contributed by atoms with Gasteiger partial charge < -0.3 is 14.5 Å². The number of aryl methyl sites for hydroxylation is 1. The van der Waals surface area contributed by atoms with Gasteiger partial charge in [0.25, 0.3) is 5.56 Å². The van der Waals surface area contributed by atoms with Gasteiger partial charge in [-0.05, 0) is 13.8 Å². The molecule has 16 heavy (non-hydrogen) atoms. The van der Waals surface area contributed by atoms with E-state index in [0.717, 1.165) is 5.69 Å². The number of ether oxygens (including phenoxy) is 2. The van der Waals surface area contributed by atoms with Crippen LogP contribution in [0.1, 0.15) is 11.3 Å². The van der Waals surface area contributed by atoms with E-state index in [4.69, 9.17) is 9.47 Å². The summed E-state index contributed by atoms with van der Waals surface area (Å²) < 4.78 is 10.6. The van der Waals surface area contributed by atoms with E-state index >= 15 is 0 Å². The van der Waals surface area contributed by atoms with E-state index in [0.29, 0.717) is 29.7 Å². The highest BCUT2D eigenvalue weighted by Crippen LogP contribution is 2.17. The molecule has 88 valence electrons. The van der Waals surface area contributed by atoms with Gasteiger partial charge in [0, 0.05) is 11.3 Å². The van der Waals surface area contributed by atoms with E-state index in [2.05, 4.69) is 9.97 Å². The lowest BCUT2D eigenvalue weighted by Crippen LogP contribution is -2.16. The van der Waals surface area contributed by atoms with Crippen molar-refractivity contribution >= 4 is 11.8 Å².